The average molecular weight is 198 g/mol. The third-order valence-corrected chi connectivity index (χ3v) is 1.79. The van der Waals surface area contributed by atoms with Gasteiger partial charge in [-0.05, 0) is 20.0 Å². The van der Waals surface area contributed by atoms with Gasteiger partial charge in [0, 0.05) is 24.9 Å². The summed E-state index contributed by atoms with van der Waals surface area (Å²) in [5.41, 5.74) is 1.54. The molecule has 0 radical (unpaired) electrons. The van der Waals surface area contributed by atoms with E-state index in [9.17, 15) is 4.79 Å². The van der Waals surface area contributed by atoms with E-state index in [1.165, 1.54) is 0 Å². The van der Waals surface area contributed by atoms with Crippen molar-refractivity contribution in [3.8, 4) is 0 Å². The van der Waals surface area contributed by atoms with Gasteiger partial charge in [-0.2, -0.15) is 0 Å². The summed E-state index contributed by atoms with van der Waals surface area (Å²) >= 11 is 0. The molecule has 0 spiro atoms. The molecule has 14 heavy (non-hydrogen) atoms. The van der Waals surface area contributed by atoms with Crippen LogP contribution in [-0.4, -0.2) is 34.0 Å². The van der Waals surface area contributed by atoms with Gasteiger partial charge in [-0.3, -0.25) is 4.79 Å². The fourth-order valence-corrected chi connectivity index (χ4v) is 0.929. The smallest absolute Gasteiger partial charge is 0.151 e. The first-order valence-electron chi connectivity index (χ1n) is 4.42. The highest BCUT2D eigenvalue weighted by Gasteiger charge is 2.03. The van der Waals surface area contributed by atoms with Crippen molar-refractivity contribution in [2.24, 2.45) is 0 Å². The molecule has 0 bridgehead atoms. The van der Waals surface area contributed by atoms with E-state index in [1.807, 2.05) is 14.0 Å². The van der Waals surface area contributed by atoms with Crippen LogP contribution in [0.5, 0.6) is 0 Å². The fraction of sp³-hybridized carbons (Fsp3) is 0.500. The number of methoxy groups -OCH3 is 1. The molecular formula is C10H18N2O2. The second kappa shape index (κ2) is 7.15. The molecule has 0 aliphatic rings. The SMILES string of the molecule is CNC/C(C=O)=C(/C=C(/C)NC)OC. The third-order valence-electron chi connectivity index (χ3n) is 1.79. The lowest BCUT2D eigenvalue weighted by Gasteiger charge is -2.07. The van der Waals surface area contributed by atoms with Gasteiger partial charge in [-0.1, -0.05) is 0 Å². The zero-order valence-electron chi connectivity index (χ0n) is 9.18. The number of ether oxygens (including phenoxy) is 1. The third kappa shape index (κ3) is 4.09. The Labute approximate surface area is 85.0 Å². The predicted molar refractivity (Wildman–Crippen MR) is 56.8 cm³/mol. The largest absolute Gasteiger partial charge is 0.496 e. The van der Waals surface area contributed by atoms with E-state index < -0.39 is 0 Å². The summed E-state index contributed by atoms with van der Waals surface area (Å²) in [5, 5.41) is 5.87. The zero-order valence-corrected chi connectivity index (χ0v) is 9.18. The molecular weight excluding hydrogens is 180 g/mol. The number of likely N-dealkylation sites (N-methyl/N-ethyl adjacent to an activating group) is 1. The Morgan fingerprint density at radius 3 is 2.43 bits per heavy atom. The van der Waals surface area contributed by atoms with Crippen LogP contribution in [0.15, 0.2) is 23.1 Å². The average Bonchev–Trinajstić information content (AvgIpc) is 2.22. The molecule has 0 saturated carbocycles. The molecule has 0 atom stereocenters. The van der Waals surface area contributed by atoms with Gasteiger partial charge in [0.15, 0.2) is 6.29 Å². The van der Waals surface area contributed by atoms with Gasteiger partial charge in [0.05, 0.1) is 7.11 Å². The molecule has 0 rings (SSSR count). The van der Waals surface area contributed by atoms with E-state index in [1.54, 1.807) is 20.2 Å². The summed E-state index contributed by atoms with van der Waals surface area (Å²) in [5.74, 6) is 0.584. The number of allylic oxidation sites excluding steroid dienone is 2. The van der Waals surface area contributed by atoms with Gasteiger partial charge in [0.25, 0.3) is 0 Å². The Bertz CT molecular complexity index is 245. The lowest BCUT2D eigenvalue weighted by Crippen LogP contribution is -2.14. The number of aldehydes is 1. The number of nitrogens with one attached hydrogen (secondary N) is 2. The van der Waals surface area contributed by atoms with Crippen LogP contribution in [0.3, 0.4) is 0 Å². The summed E-state index contributed by atoms with van der Waals surface area (Å²) in [6, 6.07) is 0. The predicted octanol–water partition coefficient (Wildman–Crippen LogP) is 0.428. The minimum Gasteiger partial charge on any atom is -0.496 e. The van der Waals surface area contributed by atoms with Crippen LogP contribution < -0.4 is 10.6 Å². The van der Waals surface area contributed by atoms with E-state index in [-0.39, 0.29) is 0 Å². The Morgan fingerprint density at radius 1 is 1.43 bits per heavy atom. The Morgan fingerprint density at radius 2 is 2.07 bits per heavy atom. The summed E-state index contributed by atoms with van der Waals surface area (Å²) in [6.45, 7) is 2.40. The second-order valence-corrected chi connectivity index (χ2v) is 2.82. The van der Waals surface area contributed by atoms with E-state index in [0.29, 0.717) is 17.9 Å². The Kier molecular flexibility index (Phi) is 6.49. The van der Waals surface area contributed by atoms with Crippen LogP contribution >= 0.6 is 0 Å². The molecule has 0 amide bonds. The van der Waals surface area contributed by atoms with Gasteiger partial charge in [0.2, 0.25) is 0 Å². The highest BCUT2D eigenvalue weighted by atomic mass is 16.5. The molecule has 0 unspecified atom stereocenters. The van der Waals surface area contributed by atoms with Crippen LogP contribution in [0.4, 0.5) is 0 Å². The van der Waals surface area contributed by atoms with E-state index in [4.69, 9.17) is 4.74 Å². The van der Waals surface area contributed by atoms with E-state index in [2.05, 4.69) is 10.6 Å². The maximum atomic E-state index is 10.7. The minimum absolute atomic E-state index is 0.500. The summed E-state index contributed by atoms with van der Waals surface area (Å²) < 4.78 is 5.12. The van der Waals surface area contributed by atoms with Crippen LogP contribution in [0, 0.1) is 0 Å². The molecule has 4 heteroatoms. The Balaban J connectivity index is 4.87. The van der Waals surface area contributed by atoms with Crippen molar-refractivity contribution >= 4 is 6.29 Å². The molecule has 0 aliphatic heterocycles. The van der Waals surface area contributed by atoms with Crippen molar-refractivity contribution in [1.82, 2.24) is 10.6 Å². The van der Waals surface area contributed by atoms with Crippen LogP contribution in [0.2, 0.25) is 0 Å². The van der Waals surface area contributed by atoms with Crippen molar-refractivity contribution in [2.75, 3.05) is 27.7 Å². The van der Waals surface area contributed by atoms with E-state index in [0.717, 1.165) is 12.0 Å². The van der Waals surface area contributed by atoms with Crippen LogP contribution in [0.25, 0.3) is 0 Å². The molecule has 80 valence electrons. The highest BCUT2D eigenvalue weighted by Crippen LogP contribution is 2.06. The highest BCUT2D eigenvalue weighted by molar-refractivity contribution is 5.75. The minimum atomic E-state index is 0.500. The van der Waals surface area contributed by atoms with Gasteiger partial charge in [-0.15, -0.1) is 0 Å². The monoisotopic (exact) mass is 198 g/mol. The summed E-state index contributed by atoms with van der Waals surface area (Å²) in [4.78, 5) is 10.7. The topological polar surface area (TPSA) is 50.4 Å². The van der Waals surface area contributed by atoms with Gasteiger partial charge in [0.1, 0.15) is 5.76 Å². The molecule has 0 heterocycles. The normalized spacial score (nSPS) is 13.3. The summed E-state index contributed by atoms with van der Waals surface area (Å²) in [6.07, 6.45) is 2.59. The second-order valence-electron chi connectivity index (χ2n) is 2.82. The molecule has 0 aromatic heterocycles. The maximum absolute atomic E-state index is 10.7. The van der Waals surface area contributed by atoms with Crippen LogP contribution in [0.1, 0.15) is 6.92 Å². The molecule has 2 N–H and O–H groups in total. The maximum Gasteiger partial charge on any atom is 0.151 e. The Hall–Kier alpha value is -1.29. The standard InChI is InChI=1S/C10H18N2O2/c1-8(12-3)5-10(14-4)9(7-13)6-11-2/h5,7,11-12H,6H2,1-4H3/b8-5-,10-9+. The van der Waals surface area contributed by atoms with Crippen molar-refractivity contribution in [3.05, 3.63) is 23.1 Å². The van der Waals surface area contributed by atoms with Crippen molar-refractivity contribution < 1.29 is 9.53 Å². The molecule has 0 aromatic carbocycles. The van der Waals surface area contributed by atoms with Crippen LogP contribution in [-0.2, 0) is 9.53 Å². The van der Waals surface area contributed by atoms with Crippen molar-refractivity contribution in [3.63, 3.8) is 0 Å². The first-order chi connectivity index (χ1) is 6.69. The molecule has 0 saturated heterocycles. The number of hydrogen-bond acceptors (Lipinski definition) is 4. The van der Waals surface area contributed by atoms with E-state index >= 15 is 0 Å². The number of hydrogen-bond donors (Lipinski definition) is 2. The molecule has 0 aromatic rings. The first-order valence-corrected chi connectivity index (χ1v) is 4.42. The quantitative estimate of drug-likeness (QED) is 0.281. The number of carbonyl (C=O) groups is 1. The molecule has 0 aliphatic carbocycles. The fourth-order valence-electron chi connectivity index (χ4n) is 0.929. The van der Waals surface area contributed by atoms with Gasteiger partial charge < -0.3 is 15.4 Å². The lowest BCUT2D eigenvalue weighted by atomic mass is 10.2. The van der Waals surface area contributed by atoms with Crippen molar-refractivity contribution in [1.29, 1.82) is 0 Å². The van der Waals surface area contributed by atoms with Gasteiger partial charge in [-0.25, -0.2) is 0 Å². The van der Waals surface area contributed by atoms with Gasteiger partial charge >= 0.3 is 0 Å². The lowest BCUT2D eigenvalue weighted by molar-refractivity contribution is -0.105. The number of rotatable bonds is 6. The number of carbonyl (C=O) groups excluding carboxylic acids is 1. The first kappa shape index (κ1) is 12.7. The molecule has 0 fully saturated rings. The van der Waals surface area contributed by atoms with Crippen molar-refractivity contribution in [2.45, 2.75) is 6.92 Å². The summed E-state index contributed by atoms with van der Waals surface area (Å²) in [7, 11) is 5.15. The zero-order chi connectivity index (χ0) is 11.0. The molecule has 4 nitrogen and oxygen atoms in total.